The van der Waals surface area contributed by atoms with Gasteiger partial charge in [-0.15, -0.1) is 0 Å². The first-order valence-electron chi connectivity index (χ1n) is 3.55. The Kier molecular flexibility index (Phi) is 4.53. The standard InChI is InChI=1S/C9H12O3/c1-3-5-7(9(11)12)8(10)6-4-2/h3-6,10H,1-2H3,(H,11,12)/b5-3-,6-4-,8-7-. The maximum atomic E-state index is 10.5. The predicted molar refractivity (Wildman–Crippen MR) is 46.9 cm³/mol. The fourth-order valence-electron chi connectivity index (χ4n) is 0.681. The number of hydrogen-bond acceptors (Lipinski definition) is 2. The van der Waals surface area contributed by atoms with E-state index in [1.807, 2.05) is 0 Å². The molecule has 66 valence electrons. The molecule has 0 heterocycles. The van der Waals surface area contributed by atoms with E-state index in [2.05, 4.69) is 0 Å². The van der Waals surface area contributed by atoms with Crippen LogP contribution in [0, 0.1) is 0 Å². The largest absolute Gasteiger partial charge is 0.507 e. The molecule has 0 aliphatic heterocycles. The monoisotopic (exact) mass is 168 g/mol. The second-order valence-electron chi connectivity index (χ2n) is 2.10. The second-order valence-corrected chi connectivity index (χ2v) is 2.10. The Hall–Kier alpha value is -1.51. The van der Waals surface area contributed by atoms with E-state index < -0.39 is 5.97 Å². The summed E-state index contributed by atoms with van der Waals surface area (Å²) in [5, 5.41) is 17.8. The molecule has 0 fully saturated rings. The van der Waals surface area contributed by atoms with Crippen LogP contribution >= 0.6 is 0 Å². The number of carboxylic acid groups (broad SMARTS) is 1. The highest BCUT2D eigenvalue weighted by Gasteiger charge is 2.07. The van der Waals surface area contributed by atoms with Gasteiger partial charge in [-0.05, 0) is 26.0 Å². The minimum Gasteiger partial charge on any atom is -0.507 e. The van der Waals surface area contributed by atoms with Crippen LogP contribution in [-0.2, 0) is 4.79 Å². The lowest BCUT2D eigenvalue weighted by Gasteiger charge is -1.96. The van der Waals surface area contributed by atoms with Gasteiger partial charge in [-0.2, -0.15) is 0 Å². The molecule has 0 radical (unpaired) electrons. The van der Waals surface area contributed by atoms with Gasteiger partial charge < -0.3 is 10.2 Å². The topological polar surface area (TPSA) is 57.5 Å². The highest BCUT2D eigenvalue weighted by molar-refractivity contribution is 5.90. The third-order valence-electron chi connectivity index (χ3n) is 1.16. The van der Waals surface area contributed by atoms with Crippen molar-refractivity contribution in [3.63, 3.8) is 0 Å². The fraction of sp³-hybridized carbons (Fsp3) is 0.222. The molecule has 3 heteroatoms. The van der Waals surface area contributed by atoms with Gasteiger partial charge in [0, 0.05) is 0 Å². The van der Waals surface area contributed by atoms with Gasteiger partial charge in [-0.25, -0.2) is 4.79 Å². The van der Waals surface area contributed by atoms with E-state index in [0.29, 0.717) is 0 Å². The lowest BCUT2D eigenvalue weighted by molar-refractivity contribution is -0.132. The normalized spacial score (nSPS) is 13.8. The minimum absolute atomic E-state index is 0.101. The van der Waals surface area contributed by atoms with Gasteiger partial charge in [-0.3, -0.25) is 0 Å². The lowest BCUT2D eigenvalue weighted by atomic mass is 10.2. The van der Waals surface area contributed by atoms with Crippen molar-refractivity contribution in [2.24, 2.45) is 0 Å². The number of aliphatic carboxylic acids is 1. The predicted octanol–water partition coefficient (Wildman–Crippen LogP) is 2.04. The van der Waals surface area contributed by atoms with Crippen molar-refractivity contribution < 1.29 is 15.0 Å². The number of rotatable bonds is 3. The lowest BCUT2D eigenvalue weighted by Crippen LogP contribution is -2.00. The van der Waals surface area contributed by atoms with Gasteiger partial charge in [0.2, 0.25) is 0 Å². The molecular formula is C9H12O3. The van der Waals surface area contributed by atoms with Gasteiger partial charge >= 0.3 is 5.97 Å². The Balaban J connectivity index is 4.93. The molecule has 0 bridgehead atoms. The van der Waals surface area contributed by atoms with Gasteiger partial charge in [0.25, 0.3) is 0 Å². The quantitative estimate of drug-likeness (QED) is 0.385. The van der Waals surface area contributed by atoms with Gasteiger partial charge in [-0.1, -0.05) is 12.2 Å². The Morgan fingerprint density at radius 2 is 1.58 bits per heavy atom. The molecule has 0 aromatic heterocycles. The van der Waals surface area contributed by atoms with E-state index in [0.717, 1.165) is 0 Å². The molecule has 0 unspecified atom stereocenters. The van der Waals surface area contributed by atoms with Crippen LogP contribution in [0.5, 0.6) is 0 Å². The number of allylic oxidation sites excluding steroid dienone is 3. The van der Waals surface area contributed by atoms with Crippen LogP contribution in [0.1, 0.15) is 13.8 Å². The van der Waals surface area contributed by atoms with E-state index in [9.17, 15) is 9.90 Å². The Morgan fingerprint density at radius 3 is 1.92 bits per heavy atom. The second kappa shape index (κ2) is 5.18. The summed E-state index contributed by atoms with van der Waals surface area (Å²) in [4.78, 5) is 10.5. The number of carbonyl (C=O) groups is 1. The zero-order valence-electron chi connectivity index (χ0n) is 7.11. The third kappa shape index (κ3) is 3.05. The molecule has 12 heavy (non-hydrogen) atoms. The first kappa shape index (κ1) is 10.5. The Bertz CT molecular complexity index is 246. The van der Waals surface area contributed by atoms with Crippen LogP contribution in [0.25, 0.3) is 0 Å². The molecule has 0 rings (SSSR count). The van der Waals surface area contributed by atoms with E-state index in [1.54, 1.807) is 26.0 Å². The molecule has 2 N–H and O–H groups in total. The van der Waals surface area contributed by atoms with Crippen molar-refractivity contribution >= 4 is 5.97 Å². The fourth-order valence-corrected chi connectivity index (χ4v) is 0.681. The van der Waals surface area contributed by atoms with E-state index in [4.69, 9.17) is 5.11 Å². The molecule has 0 aliphatic rings. The van der Waals surface area contributed by atoms with Crippen LogP contribution in [0.3, 0.4) is 0 Å². The van der Waals surface area contributed by atoms with Crippen molar-refractivity contribution in [1.29, 1.82) is 0 Å². The van der Waals surface area contributed by atoms with Crippen molar-refractivity contribution in [3.8, 4) is 0 Å². The van der Waals surface area contributed by atoms with Crippen LogP contribution in [0.2, 0.25) is 0 Å². The summed E-state index contributed by atoms with van der Waals surface area (Å²) in [5.41, 5.74) is -0.101. The van der Waals surface area contributed by atoms with Gasteiger partial charge in [0.1, 0.15) is 11.3 Å². The molecule has 0 aliphatic carbocycles. The highest BCUT2D eigenvalue weighted by Crippen LogP contribution is 2.05. The van der Waals surface area contributed by atoms with E-state index >= 15 is 0 Å². The summed E-state index contributed by atoms with van der Waals surface area (Å²) < 4.78 is 0. The zero-order chi connectivity index (χ0) is 9.56. The van der Waals surface area contributed by atoms with Crippen LogP contribution in [0.15, 0.2) is 35.6 Å². The summed E-state index contributed by atoms with van der Waals surface area (Å²) in [6.45, 7) is 3.39. The summed E-state index contributed by atoms with van der Waals surface area (Å²) in [6.07, 6.45) is 5.81. The maximum absolute atomic E-state index is 10.5. The van der Waals surface area contributed by atoms with Crippen LogP contribution < -0.4 is 0 Å². The molecule has 0 aromatic carbocycles. The number of carboxylic acids is 1. The van der Waals surface area contributed by atoms with Crippen LogP contribution in [-0.4, -0.2) is 16.2 Å². The first-order valence-corrected chi connectivity index (χ1v) is 3.55. The van der Waals surface area contributed by atoms with E-state index in [-0.39, 0.29) is 11.3 Å². The van der Waals surface area contributed by atoms with Crippen molar-refractivity contribution in [2.45, 2.75) is 13.8 Å². The van der Waals surface area contributed by atoms with Crippen molar-refractivity contribution in [3.05, 3.63) is 35.6 Å². The third-order valence-corrected chi connectivity index (χ3v) is 1.16. The molecule has 0 saturated carbocycles. The number of aliphatic hydroxyl groups is 1. The molecule has 0 spiro atoms. The highest BCUT2D eigenvalue weighted by atomic mass is 16.4. The molecule has 3 nitrogen and oxygen atoms in total. The Morgan fingerprint density at radius 1 is 1.08 bits per heavy atom. The maximum Gasteiger partial charge on any atom is 0.339 e. The average molecular weight is 168 g/mol. The molecule has 0 saturated heterocycles. The number of hydrogen-bond donors (Lipinski definition) is 2. The van der Waals surface area contributed by atoms with Crippen LogP contribution in [0.4, 0.5) is 0 Å². The molecule has 0 amide bonds. The van der Waals surface area contributed by atoms with Crippen molar-refractivity contribution in [2.75, 3.05) is 0 Å². The van der Waals surface area contributed by atoms with Gasteiger partial charge in [0.05, 0.1) is 0 Å². The number of aliphatic hydroxyl groups excluding tert-OH is 1. The SMILES string of the molecule is C\C=C/C(O)=C(\C=C/C)C(=O)O. The average Bonchev–Trinajstić information content (AvgIpc) is 1.99. The zero-order valence-corrected chi connectivity index (χ0v) is 7.11. The minimum atomic E-state index is -1.14. The van der Waals surface area contributed by atoms with Gasteiger partial charge in [0.15, 0.2) is 0 Å². The van der Waals surface area contributed by atoms with Crippen molar-refractivity contribution in [1.82, 2.24) is 0 Å². The summed E-state index contributed by atoms with van der Waals surface area (Å²) in [6, 6.07) is 0. The molecule has 0 atom stereocenters. The van der Waals surface area contributed by atoms with E-state index in [1.165, 1.54) is 12.2 Å². The molecular weight excluding hydrogens is 156 g/mol. The summed E-state index contributed by atoms with van der Waals surface area (Å²) >= 11 is 0. The Labute approximate surface area is 71.3 Å². The summed E-state index contributed by atoms with van der Waals surface area (Å²) in [7, 11) is 0. The first-order chi connectivity index (χ1) is 5.63. The molecule has 0 aromatic rings. The smallest absolute Gasteiger partial charge is 0.339 e. The summed E-state index contributed by atoms with van der Waals surface area (Å²) in [5.74, 6) is -1.37.